The lowest BCUT2D eigenvalue weighted by molar-refractivity contribution is -0.128. The van der Waals surface area contributed by atoms with Crippen LogP contribution in [0, 0.1) is 11.3 Å². The predicted molar refractivity (Wildman–Crippen MR) is 36.0 cm³/mol. The van der Waals surface area contributed by atoms with Crippen LogP contribution in [0.4, 0.5) is 0 Å². The van der Waals surface area contributed by atoms with E-state index >= 15 is 0 Å². The Hall–Kier alpha value is -1.04. The number of nitriles is 1. The van der Waals surface area contributed by atoms with Gasteiger partial charge in [0.15, 0.2) is 0 Å². The van der Waals surface area contributed by atoms with Crippen LogP contribution in [0.1, 0.15) is 19.8 Å². The molecule has 1 aliphatic heterocycles. The summed E-state index contributed by atoms with van der Waals surface area (Å²) in [5.74, 6) is 0.119. The van der Waals surface area contributed by atoms with Crippen molar-refractivity contribution in [3.8, 4) is 6.07 Å². The van der Waals surface area contributed by atoms with Gasteiger partial charge >= 0.3 is 0 Å². The Morgan fingerprint density at radius 1 is 1.80 bits per heavy atom. The first-order valence-corrected chi connectivity index (χ1v) is 3.45. The Bertz CT molecular complexity index is 183. The van der Waals surface area contributed by atoms with Crippen molar-refractivity contribution in [2.75, 3.05) is 6.54 Å². The summed E-state index contributed by atoms with van der Waals surface area (Å²) in [6.45, 7) is 2.51. The highest BCUT2D eigenvalue weighted by atomic mass is 16.2. The molecule has 0 spiro atoms. The highest BCUT2D eigenvalue weighted by molar-refractivity contribution is 5.78. The van der Waals surface area contributed by atoms with Crippen LogP contribution in [-0.4, -0.2) is 23.4 Å². The number of carbonyl (C=O) groups is 1. The van der Waals surface area contributed by atoms with E-state index in [1.807, 2.05) is 6.07 Å². The molecule has 0 N–H and O–H groups in total. The smallest absolute Gasteiger partial charge is 0.223 e. The van der Waals surface area contributed by atoms with Gasteiger partial charge in [-0.15, -0.1) is 0 Å². The molecule has 3 nitrogen and oxygen atoms in total. The van der Waals surface area contributed by atoms with Crippen LogP contribution in [0.2, 0.25) is 0 Å². The minimum Gasteiger partial charge on any atom is -0.327 e. The molecule has 54 valence electrons. The highest BCUT2D eigenvalue weighted by Crippen LogP contribution is 2.12. The Morgan fingerprint density at radius 2 is 2.50 bits per heavy atom. The van der Waals surface area contributed by atoms with E-state index in [4.69, 9.17) is 5.26 Å². The first kappa shape index (κ1) is 7.07. The van der Waals surface area contributed by atoms with Gasteiger partial charge in [0.25, 0.3) is 0 Å². The molecule has 1 unspecified atom stereocenters. The maximum absolute atomic E-state index is 10.9. The summed E-state index contributed by atoms with van der Waals surface area (Å²) in [6.07, 6.45) is 1.52. The van der Waals surface area contributed by atoms with Gasteiger partial charge in [-0.1, -0.05) is 0 Å². The molecular weight excluding hydrogens is 128 g/mol. The molecule has 1 saturated heterocycles. The van der Waals surface area contributed by atoms with Crippen LogP contribution >= 0.6 is 0 Å². The van der Waals surface area contributed by atoms with Gasteiger partial charge in [-0.2, -0.15) is 5.26 Å². The molecule has 1 aliphatic rings. The Morgan fingerprint density at radius 3 is 2.90 bits per heavy atom. The standard InChI is InChI=1S/C7H10N2O/c1-6(5-8)9-4-2-3-7(9)10/h6H,2-4H2,1H3. The molecule has 1 amide bonds. The summed E-state index contributed by atoms with van der Waals surface area (Å²) in [4.78, 5) is 12.6. The van der Waals surface area contributed by atoms with Crippen LogP contribution in [0.3, 0.4) is 0 Å². The Labute approximate surface area is 60.2 Å². The molecule has 1 heterocycles. The van der Waals surface area contributed by atoms with Gasteiger partial charge in [-0.05, 0) is 13.3 Å². The maximum Gasteiger partial charge on any atom is 0.223 e. The summed E-state index contributed by atoms with van der Waals surface area (Å²) < 4.78 is 0. The number of likely N-dealkylation sites (tertiary alicyclic amines) is 1. The third-order valence-corrected chi connectivity index (χ3v) is 1.76. The summed E-state index contributed by atoms with van der Waals surface area (Å²) in [7, 11) is 0. The molecule has 0 aromatic rings. The molecule has 3 heteroatoms. The van der Waals surface area contributed by atoms with Crippen LogP contribution < -0.4 is 0 Å². The molecule has 0 aromatic heterocycles. The van der Waals surface area contributed by atoms with E-state index in [0.29, 0.717) is 6.42 Å². The monoisotopic (exact) mass is 138 g/mol. The molecule has 0 bridgehead atoms. The molecule has 0 radical (unpaired) electrons. The third-order valence-electron chi connectivity index (χ3n) is 1.76. The zero-order chi connectivity index (χ0) is 7.56. The normalized spacial score (nSPS) is 20.8. The van der Waals surface area contributed by atoms with Crippen molar-refractivity contribution in [1.29, 1.82) is 5.26 Å². The van der Waals surface area contributed by atoms with Gasteiger partial charge in [0, 0.05) is 13.0 Å². The van der Waals surface area contributed by atoms with Crippen LogP contribution in [0.15, 0.2) is 0 Å². The van der Waals surface area contributed by atoms with Crippen molar-refractivity contribution in [3.63, 3.8) is 0 Å². The molecule has 0 aliphatic carbocycles. The molecule has 10 heavy (non-hydrogen) atoms. The highest BCUT2D eigenvalue weighted by Gasteiger charge is 2.24. The lowest BCUT2D eigenvalue weighted by atomic mass is 10.3. The number of hydrogen-bond acceptors (Lipinski definition) is 2. The van der Waals surface area contributed by atoms with E-state index in [0.717, 1.165) is 13.0 Å². The minimum atomic E-state index is -0.241. The zero-order valence-electron chi connectivity index (χ0n) is 6.00. The van der Waals surface area contributed by atoms with Gasteiger partial charge in [0.05, 0.1) is 6.07 Å². The summed E-state index contributed by atoms with van der Waals surface area (Å²) >= 11 is 0. The maximum atomic E-state index is 10.9. The predicted octanol–water partition coefficient (Wildman–Crippen LogP) is 0.521. The van der Waals surface area contributed by atoms with E-state index in [1.165, 1.54) is 0 Å². The summed E-state index contributed by atoms with van der Waals surface area (Å²) in [5.41, 5.74) is 0. The van der Waals surface area contributed by atoms with Gasteiger partial charge in [-0.3, -0.25) is 4.79 Å². The fourth-order valence-corrected chi connectivity index (χ4v) is 1.15. The van der Waals surface area contributed by atoms with Crippen LogP contribution in [-0.2, 0) is 4.79 Å². The second kappa shape index (κ2) is 2.70. The van der Waals surface area contributed by atoms with Gasteiger partial charge < -0.3 is 4.90 Å². The van der Waals surface area contributed by atoms with Crippen molar-refractivity contribution in [3.05, 3.63) is 0 Å². The number of carbonyl (C=O) groups excluding carboxylic acids is 1. The average molecular weight is 138 g/mol. The van der Waals surface area contributed by atoms with Crippen molar-refractivity contribution >= 4 is 5.91 Å². The van der Waals surface area contributed by atoms with Crippen LogP contribution in [0.5, 0.6) is 0 Å². The van der Waals surface area contributed by atoms with Crippen molar-refractivity contribution in [2.24, 2.45) is 0 Å². The van der Waals surface area contributed by atoms with Gasteiger partial charge in [0.2, 0.25) is 5.91 Å². The summed E-state index contributed by atoms with van der Waals surface area (Å²) in [5, 5.41) is 8.47. The minimum absolute atomic E-state index is 0.119. The summed E-state index contributed by atoms with van der Waals surface area (Å²) in [6, 6.07) is 1.80. The molecule has 1 fully saturated rings. The topological polar surface area (TPSA) is 44.1 Å². The van der Waals surface area contributed by atoms with E-state index in [-0.39, 0.29) is 11.9 Å². The number of hydrogen-bond donors (Lipinski definition) is 0. The first-order chi connectivity index (χ1) is 4.75. The largest absolute Gasteiger partial charge is 0.327 e. The Kier molecular flexibility index (Phi) is 1.91. The first-order valence-electron chi connectivity index (χ1n) is 3.45. The van der Waals surface area contributed by atoms with Crippen molar-refractivity contribution < 1.29 is 4.79 Å². The number of nitrogens with zero attached hydrogens (tertiary/aromatic N) is 2. The van der Waals surface area contributed by atoms with Crippen molar-refractivity contribution in [1.82, 2.24) is 4.90 Å². The molecular formula is C7H10N2O. The van der Waals surface area contributed by atoms with E-state index < -0.39 is 0 Å². The fourth-order valence-electron chi connectivity index (χ4n) is 1.15. The fraction of sp³-hybridized carbons (Fsp3) is 0.714. The van der Waals surface area contributed by atoms with Gasteiger partial charge in [0.1, 0.15) is 6.04 Å². The third kappa shape index (κ3) is 1.10. The second-order valence-electron chi connectivity index (χ2n) is 2.50. The molecule has 1 atom stereocenters. The Balaban J connectivity index is 2.57. The quantitative estimate of drug-likeness (QED) is 0.530. The number of amides is 1. The van der Waals surface area contributed by atoms with Crippen molar-refractivity contribution in [2.45, 2.75) is 25.8 Å². The number of rotatable bonds is 1. The average Bonchev–Trinajstić information content (AvgIpc) is 2.34. The molecule has 1 rings (SSSR count). The van der Waals surface area contributed by atoms with E-state index in [2.05, 4.69) is 0 Å². The lowest BCUT2D eigenvalue weighted by Crippen LogP contribution is -2.32. The van der Waals surface area contributed by atoms with E-state index in [1.54, 1.807) is 11.8 Å². The lowest BCUT2D eigenvalue weighted by Gasteiger charge is -2.16. The molecule has 0 aromatic carbocycles. The zero-order valence-corrected chi connectivity index (χ0v) is 6.00. The molecule has 0 saturated carbocycles. The second-order valence-corrected chi connectivity index (χ2v) is 2.50. The van der Waals surface area contributed by atoms with Crippen LogP contribution in [0.25, 0.3) is 0 Å². The SMILES string of the molecule is CC(C#N)N1CCCC1=O. The van der Waals surface area contributed by atoms with E-state index in [9.17, 15) is 4.79 Å². The van der Waals surface area contributed by atoms with Gasteiger partial charge in [-0.25, -0.2) is 0 Å².